The Morgan fingerprint density at radius 1 is 0.857 bits per heavy atom. The second kappa shape index (κ2) is 9.50. The molecule has 0 bridgehead atoms. The first-order chi connectivity index (χ1) is 13.5. The number of hydrogen-bond donors (Lipinski definition) is 2. The molecule has 3 aromatic carbocycles. The molecule has 0 saturated carbocycles. The van der Waals surface area contributed by atoms with Crippen LogP contribution in [0.15, 0.2) is 84.9 Å². The molecule has 0 aromatic heterocycles. The van der Waals surface area contributed by atoms with Crippen molar-refractivity contribution >= 4 is 34.4 Å². The summed E-state index contributed by atoms with van der Waals surface area (Å²) in [5.41, 5.74) is 8.27. The standard InChI is InChI=1S/C23H21IN2O2/c24-19-13-7-8-16(14-19)15-20(22(25)27)26-23(28)21(17-9-3-1-4-10-17)18-11-5-2-6-12-18/h1-14,20-21H,15H2,(H2,25,27)(H,26,28)/t20-/m0/s1. The Balaban J connectivity index is 1.86. The molecule has 0 unspecified atom stereocenters. The lowest BCUT2D eigenvalue weighted by Gasteiger charge is -2.22. The number of primary amides is 1. The third-order valence-electron chi connectivity index (χ3n) is 4.52. The molecule has 0 aliphatic heterocycles. The van der Waals surface area contributed by atoms with E-state index in [1.54, 1.807) is 0 Å². The molecule has 3 N–H and O–H groups in total. The van der Waals surface area contributed by atoms with Crippen LogP contribution in [0.3, 0.4) is 0 Å². The fourth-order valence-corrected chi connectivity index (χ4v) is 3.77. The Morgan fingerprint density at radius 3 is 1.93 bits per heavy atom. The van der Waals surface area contributed by atoms with E-state index in [0.29, 0.717) is 6.42 Å². The van der Waals surface area contributed by atoms with Crippen LogP contribution in [0, 0.1) is 3.57 Å². The van der Waals surface area contributed by atoms with Crippen LogP contribution in [0.1, 0.15) is 22.6 Å². The summed E-state index contributed by atoms with van der Waals surface area (Å²) >= 11 is 2.22. The van der Waals surface area contributed by atoms with Gasteiger partial charge in [0.05, 0.1) is 5.92 Å². The lowest BCUT2D eigenvalue weighted by Crippen LogP contribution is -2.47. The molecule has 0 radical (unpaired) electrons. The number of benzene rings is 3. The number of nitrogens with one attached hydrogen (secondary N) is 1. The molecular weight excluding hydrogens is 463 g/mol. The van der Waals surface area contributed by atoms with Crippen LogP contribution >= 0.6 is 22.6 Å². The molecule has 5 heteroatoms. The zero-order valence-corrected chi connectivity index (χ0v) is 17.4. The molecule has 0 heterocycles. The van der Waals surface area contributed by atoms with Crippen molar-refractivity contribution in [3.63, 3.8) is 0 Å². The lowest BCUT2D eigenvalue weighted by molar-refractivity contribution is -0.127. The van der Waals surface area contributed by atoms with Crippen LogP contribution in [0.2, 0.25) is 0 Å². The average molecular weight is 484 g/mol. The maximum Gasteiger partial charge on any atom is 0.240 e. The van der Waals surface area contributed by atoms with Crippen molar-refractivity contribution in [3.8, 4) is 0 Å². The minimum atomic E-state index is -0.777. The van der Waals surface area contributed by atoms with E-state index in [9.17, 15) is 9.59 Å². The first kappa shape index (κ1) is 20.1. The summed E-state index contributed by atoms with van der Waals surface area (Å²) in [6, 6.07) is 26.1. The second-order valence-electron chi connectivity index (χ2n) is 6.55. The Kier molecular flexibility index (Phi) is 6.81. The number of amides is 2. The van der Waals surface area contributed by atoms with Crippen LogP contribution in [0.25, 0.3) is 0 Å². The molecule has 0 fully saturated rings. The Bertz CT molecular complexity index is 906. The fraction of sp³-hybridized carbons (Fsp3) is 0.130. The predicted octanol–water partition coefficient (Wildman–Crippen LogP) is 3.64. The van der Waals surface area contributed by atoms with Gasteiger partial charge in [-0.05, 0) is 51.4 Å². The molecule has 3 aromatic rings. The first-order valence-electron chi connectivity index (χ1n) is 8.98. The molecule has 28 heavy (non-hydrogen) atoms. The highest BCUT2D eigenvalue weighted by Crippen LogP contribution is 2.25. The number of carbonyl (C=O) groups excluding carboxylic acids is 2. The highest BCUT2D eigenvalue weighted by atomic mass is 127. The van der Waals surface area contributed by atoms with Crippen molar-refractivity contribution in [3.05, 3.63) is 105 Å². The van der Waals surface area contributed by atoms with Crippen molar-refractivity contribution in [2.75, 3.05) is 0 Å². The average Bonchev–Trinajstić information content (AvgIpc) is 2.69. The Labute approximate surface area is 178 Å². The molecule has 2 amide bonds. The molecular formula is C23H21IN2O2. The summed E-state index contributed by atoms with van der Waals surface area (Å²) in [7, 11) is 0. The summed E-state index contributed by atoms with van der Waals surface area (Å²) in [4.78, 5) is 25.2. The summed E-state index contributed by atoms with van der Waals surface area (Å²) in [6.45, 7) is 0. The second-order valence-corrected chi connectivity index (χ2v) is 7.80. The number of hydrogen-bond acceptors (Lipinski definition) is 2. The number of nitrogens with two attached hydrogens (primary N) is 1. The molecule has 4 nitrogen and oxygen atoms in total. The fourth-order valence-electron chi connectivity index (χ4n) is 3.16. The first-order valence-corrected chi connectivity index (χ1v) is 10.1. The van der Waals surface area contributed by atoms with Gasteiger partial charge in [0, 0.05) is 9.99 Å². The smallest absolute Gasteiger partial charge is 0.240 e. The van der Waals surface area contributed by atoms with Crippen LogP contribution < -0.4 is 11.1 Å². The SMILES string of the molecule is NC(=O)[C@H](Cc1cccc(I)c1)NC(=O)C(c1ccccc1)c1ccccc1. The van der Waals surface area contributed by atoms with Gasteiger partial charge in [0.1, 0.15) is 6.04 Å². The Hall–Kier alpha value is -2.67. The quantitative estimate of drug-likeness (QED) is 0.503. The van der Waals surface area contributed by atoms with E-state index in [0.717, 1.165) is 20.3 Å². The van der Waals surface area contributed by atoms with Crippen molar-refractivity contribution < 1.29 is 9.59 Å². The molecule has 3 rings (SSSR count). The summed E-state index contributed by atoms with van der Waals surface area (Å²) in [5, 5.41) is 2.87. The van der Waals surface area contributed by atoms with Crippen LogP contribution in [-0.2, 0) is 16.0 Å². The maximum atomic E-state index is 13.2. The van der Waals surface area contributed by atoms with Gasteiger partial charge in [0.25, 0.3) is 0 Å². The summed E-state index contributed by atoms with van der Waals surface area (Å²) in [5.74, 6) is -1.31. The van der Waals surface area contributed by atoms with Gasteiger partial charge in [-0.1, -0.05) is 72.8 Å². The third kappa shape index (κ3) is 5.19. The molecule has 0 saturated heterocycles. The normalized spacial score (nSPS) is 11.8. The topological polar surface area (TPSA) is 72.2 Å². The van der Waals surface area contributed by atoms with Crippen molar-refractivity contribution in [1.82, 2.24) is 5.32 Å². The largest absolute Gasteiger partial charge is 0.368 e. The van der Waals surface area contributed by atoms with E-state index in [1.165, 1.54) is 0 Å². The monoisotopic (exact) mass is 484 g/mol. The zero-order chi connectivity index (χ0) is 19.9. The van der Waals surface area contributed by atoms with E-state index >= 15 is 0 Å². The molecule has 142 valence electrons. The van der Waals surface area contributed by atoms with Gasteiger partial charge in [-0.25, -0.2) is 0 Å². The zero-order valence-electron chi connectivity index (χ0n) is 15.2. The van der Waals surface area contributed by atoms with E-state index in [2.05, 4.69) is 27.9 Å². The van der Waals surface area contributed by atoms with Gasteiger partial charge < -0.3 is 11.1 Å². The number of rotatable bonds is 7. The number of carbonyl (C=O) groups is 2. The highest BCUT2D eigenvalue weighted by molar-refractivity contribution is 14.1. The van der Waals surface area contributed by atoms with E-state index in [1.807, 2.05) is 84.9 Å². The summed E-state index contributed by atoms with van der Waals surface area (Å²) in [6.07, 6.45) is 0.355. The molecule has 0 aliphatic rings. The van der Waals surface area contributed by atoms with Crippen LogP contribution in [0.4, 0.5) is 0 Å². The van der Waals surface area contributed by atoms with Crippen LogP contribution in [-0.4, -0.2) is 17.9 Å². The van der Waals surface area contributed by atoms with Crippen molar-refractivity contribution in [2.45, 2.75) is 18.4 Å². The van der Waals surface area contributed by atoms with Gasteiger partial charge in [-0.3, -0.25) is 9.59 Å². The highest BCUT2D eigenvalue weighted by Gasteiger charge is 2.27. The minimum absolute atomic E-state index is 0.244. The minimum Gasteiger partial charge on any atom is -0.368 e. The number of halogens is 1. The van der Waals surface area contributed by atoms with Gasteiger partial charge in [0.15, 0.2) is 0 Å². The molecule has 0 aliphatic carbocycles. The van der Waals surface area contributed by atoms with Crippen molar-refractivity contribution in [2.24, 2.45) is 5.73 Å². The molecule has 1 atom stereocenters. The third-order valence-corrected chi connectivity index (χ3v) is 5.19. The van der Waals surface area contributed by atoms with Gasteiger partial charge in [-0.2, -0.15) is 0 Å². The summed E-state index contributed by atoms with van der Waals surface area (Å²) < 4.78 is 1.07. The molecule has 0 spiro atoms. The van der Waals surface area contributed by atoms with Crippen LogP contribution in [0.5, 0.6) is 0 Å². The Morgan fingerprint density at radius 2 is 1.43 bits per heavy atom. The van der Waals surface area contributed by atoms with E-state index < -0.39 is 17.9 Å². The lowest BCUT2D eigenvalue weighted by atomic mass is 9.90. The van der Waals surface area contributed by atoms with Crippen molar-refractivity contribution in [1.29, 1.82) is 0 Å². The van der Waals surface area contributed by atoms with E-state index in [-0.39, 0.29) is 5.91 Å². The van der Waals surface area contributed by atoms with Gasteiger partial charge in [-0.15, -0.1) is 0 Å². The van der Waals surface area contributed by atoms with E-state index in [4.69, 9.17) is 5.73 Å². The van der Waals surface area contributed by atoms with Gasteiger partial charge in [0.2, 0.25) is 11.8 Å². The predicted molar refractivity (Wildman–Crippen MR) is 119 cm³/mol. The maximum absolute atomic E-state index is 13.2. The van der Waals surface area contributed by atoms with Gasteiger partial charge >= 0.3 is 0 Å².